The number of ketones is 1. The van der Waals surface area contributed by atoms with Crippen molar-refractivity contribution in [1.82, 2.24) is 0 Å². The van der Waals surface area contributed by atoms with Crippen LogP contribution < -0.4 is 0 Å². The third-order valence-electron chi connectivity index (χ3n) is 2.60. The van der Waals surface area contributed by atoms with Gasteiger partial charge in [0, 0.05) is 18.6 Å². The number of rotatable bonds is 7. The zero-order valence-corrected chi connectivity index (χ0v) is 12.4. The molecule has 0 saturated carbocycles. The molecule has 0 amide bonds. The van der Waals surface area contributed by atoms with E-state index in [1.807, 2.05) is 20.8 Å². The fourth-order valence-electron chi connectivity index (χ4n) is 1.08. The molecule has 0 aromatic rings. The van der Waals surface area contributed by atoms with Gasteiger partial charge in [0.2, 0.25) is 0 Å². The molecule has 0 aliphatic carbocycles. The van der Waals surface area contributed by atoms with E-state index in [0.717, 1.165) is 0 Å². The van der Waals surface area contributed by atoms with Gasteiger partial charge in [0.05, 0.1) is 25.2 Å². The molecule has 0 unspecified atom stereocenters. The van der Waals surface area contributed by atoms with Gasteiger partial charge in [0.15, 0.2) is 5.78 Å². The lowest BCUT2D eigenvalue weighted by Crippen LogP contribution is -2.30. The summed E-state index contributed by atoms with van der Waals surface area (Å²) in [5.74, 6) is -0.0372. The Morgan fingerprint density at radius 1 is 1.17 bits per heavy atom. The molecule has 1 N–H and O–H groups in total. The molecule has 4 heteroatoms. The topological polar surface area (TPSA) is 55.8 Å². The molecular formula is C14H26O4. The lowest BCUT2D eigenvalue weighted by atomic mass is 9.85. The molecule has 0 rings (SSSR count). The number of hydrogen-bond donors (Lipinski definition) is 1. The maximum atomic E-state index is 12.0. The third kappa shape index (κ3) is 6.17. The first-order valence-corrected chi connectivity index (χ1v) is 6.13. The second kappa shape index (κ2) is 6.90. The normalized spacial score (nSPS) is 13.8. The van der Waals surface area contributed by atoms with Gasteiger partial charge in [-0.2, -0.15) is 0 Å². The van der Waals surface area contributed by atoms with Gasteiger partial charge in [0.1, 0.15) is 5.76 Å². The van der Waals surface area contributed by atoms with E-state index in [1.54, 1.807) is 21.0 Å². The van der Waals surface area contributed by atoms with Gasteiger partial charge >= 0.3 is 0 Å². The molecule has 18 heavy (non-hydrogen) atoms. The molecule has 0 heterocycles. The summed E-state index contributed by atoms with van der Waals surface area (Å²) in [7, 11) is 1.60. The molecular weight excluding hydrogens is 232 g/mol. The zero-order chi connectivity index (χ0) is 14.4. The third-order valence-corrected chi connectivity index (χ3v) is 2.60. The number of aliphatic hydroxyl groups excluding tert-OH is 1. The molecule has 0 aromatic heterocycles. The number of carbonyl (C=O) groups is 1. The second-order valence-electron chi connectivity index (χ2n) is 6.07. The maximum absolute atomic E-state index is 12.0. The first-order chi connectivity index (χ1) is 8.11. The molecule has 0 aliphatic heterocycles. The molecule has 0 aromatic carbocycles. The van der Waals surface area contributed by atoms with Crippen molar-refractivity contribution in [3.05, 3.63) is 11.8 Å². The summed E-state index contributed by atoms with van der Waals surface area (Å²) in [6.45, 7) is 10.4. The highest BCUT2D eigenvalue weighted by molar-refractivity contribution is 5.94. The molecule has 4 nitrogen and oxygen atoms in total. The van der Waals surface area contributed by atoms with Gasteiger partial charge in [-0.25, -0.2) is 0 Å². The Labute approximate surface area is 110 Å². The van der Waals surface area contributed by atoms with Crippen molar-refractivity contribution in [2.45, 2.75) is 34.6 Å². The minimum Gasteiger partial charge on any atom is -0.512 e. The molecule has 0 atom stereocenters. The largest absolute Gasteiger partial charge is 0.512 e. The lowest BCUT2D eigenvalue weighted by molar-refractivity contribution is -0.125. The summed E-state index contributed by atoms with van der Waals surface area (Å²) in [5, 5.41) is 9.81. The van der Waals surface area contributed by atoms with Crippen molar-refractivity contribution in [3.8, 4) is 0 Å². The summed E-state index contributed by atoms with van der Waals surface area (Å²) in [4.78, 5) is 12.0. The van der Waals surface area contributed by atoms with Crippen LogP contribution in [0.15, 0.2) is 11.8 Å². The Morgan fingerprint density at radius 3 is 2.17 bits per heavy atom. The Balaban J connectivity index is 4.47. The average molecular weight is 258 g/mol. The van der Waals surface area contributed by atoms with Crippen LogP contribution in [-0.2, 0) is 14.3 Å². The van der Waals surface area contributed by atoms with Crippen molar-refractivity contribution in [1.29, 1.82) is 0 Å². The fraction of sp³-hybridized carbons (Fsp3) is 0.786. The van der Waals surface area contributed by atoms with E-state index in [1.165, 1.54) is 6.08 Å². The standard InChI is InChI=1S/C14H26O4/c1-13(2,3)11(15)9-12(16)14(4,5)10-18-8-7-17-6/h9,15H,7-8,10H2,1-6H3/b11-9-. The minimum absolute atomic E-state index is 0.0949. The van der Waals surface area contributed by atoms with E-state index >= 15 is 0 Å². The van der Waals surface area contributed by atoms with E-state index in [-0.39, 0.29) is 11.5 Å². The minimum atomic E-state index is -0.646. The summed E-state index contributed by atoms with van der Waals surface area (Å²) in [5.41, 5.74) is -1.06. The quantitative estimate of drug-likeness (QED) is 0.433. The summed E-state index contributed by atoms with van der Waals surface area (Å²) < 4.78 is 10.2. The Bertz CT molecular complexity index is 297. The molecule has 0 spiro atoms. The maximum Gasteiger partial charge on any atom is 0.166 e. The van der Waals surface area contributed by atoms with Gasteiger partial charge < -0.3 is 14.6 Å². The highest BCUT2D eigenvalue weighted by atomic mass is 16.5. The number of methoxy groups -OCH3 is 1. The van der Waals surface area contributed by atoms with Crippen molar-refractivity contribution >= 4 is 5.78 Å². The number of carbonyl (C=O) groups excluding carboxylic acids is 1. The van der Waals surface area contributed by atoms with Crippen LogP contribution in [0.4, 0.5) is 0 Å². The van der Waals surface area contributed by atoms with Crippen LogP contribution in [0.2, 0.25) is 0 Å². The molecule has 0 fully saturated rings. The molecule has 0 bridgehead atoms. The number of aliphatic hydroxyl groups is 1. The van der Waals surface area contributed by atoms with E-state index in [2.05, 4.69) is 0 Å². The summed E-state index contributed by atoms with van der Waals surface area (Å²) >= 11 is 0. The van der Waals surface area contributed by atoms with Crippen molar-refractivity contribution in [3.63, 3.8) is 0 Å². The SMILES string of the molecule is COCCOCC(C)(C)C(=O)/C=C(\O)C(C)(C)C. The number of ether oxygens (including phenoxy) is 2. The first-order valence-electron chi connectivity index (χ1n) is 6.13. The lowest BCUT2D eigenvalue weighted by Gasteiger charge is -2.23. The van der Waals surface area contributed by atoms with E-state index in [4.69, 9.17) is 9.47 Å². The van der Waals surface area contributed by atoms with Crippen LogP contribution in [-0.4, -0.2) is 37.8 Å². The van der Waals surface area contributed by atoms with Gasteiger partial charge in [-0.05, 0) is 0 Å². The van der Waals surface area contributed by atoms with E-state index < -0.39 is 10.8 Å². The van der Waals surface area contributed by atoms with Gasteiger partial charge in [-0.3, -0.25) is 4.79 Å². The number of allylic oxidation sites excluding steroid dienone is 2. The average Bonchev–Trinajstić information content (AvgIpc) is 2.23. The molecule has 0 saturated heterocycles. The van der Waals surface area contributed by atoms with E-state index in [9.17, 15) is 9.90 Å². The Kier molecular flexibility index (Phi) is 6.57. The van der Waals surface area contributed by atoms with Gasteiger partial charge in [0.25, 0.3) is 0 Å². The predicted molar refractivity (Wildman–Crippen MR) is 71.6 cm³/mol. The van der Waals surface area contributed by atoms with Crippen molar-refractivity contribution < 1.29 is 19.4 Å². The highest BCUT2D eigenvalue weighted by Crippen LogP contribution is 2.25. The van der Waals surface area contributed by atoms with Crippen LogP contribution in [0.25, 0.3) is 0 Å². The van der Waals surface area contributed by atoms with E-state index in [0.29, 0.717) is 19.8 Å². The van der Waals surface area contributed by atoms with Crippen molar-refractivity contribution in [2.75, 3.05) is 26.9 Å². The summed E-state index contributed by atoms with van der Waals surface area (Å²) in [6.07, 6.45) is 1.31. The second-order valence-corrected chi connectivity index (χ2v) is 6.07. The first kappa shape index (κ1) is 17.1. The van der Waals surface area contributed by atoms with Crippen molar-refractivity contribution in [2.24, 2.45) is 10.8 Å². The zero-order valence-electron chi connectivity index (χ0n) is 12.4. The smallest absolute Gasteiger partial charge is 0.166 e. The van der Waals surface area contributed by atoms with Gasteiger partial charge in [-0.1, -0.05) is 34.6 Å². The fourth-order valence-corrected chi connectivity index (χ4v) is 1.08. The summed E-state index contributed by atoms with van der Waals surface area (Å²) in [6, 6.07) is 0. The highest BCUT2D eigenvalue weighted by Gasteiger charge is 2.28. The number of hydrogen-bond acceptors (Lipinski definition) is 4. The van der Waals surface area contributed by atoms with Crippen LogP contribution in [0.3, 0.4) is 0 Å². The van der Waals surface area contributed by atoms with Gasteiger partial charge in [-0.15, -0.1) is 0 Å². The molecule has 106 valence electrons. The molecule has 0 radical (unpaired) electrons. The van der Waals surface area contributed by atoms with Crippen LogP contribution in [0.1, 0.15) is 34.6 Å². The van der Waals surface area contributed by atoms with Crippen LogP contribution in [0, 0.1) is 10.8 Å². The van der Waals surface area contributed by atoms with Crippen LogP contribution in [0.5, 0.6) is 0 Å². The monoisotopic (exact) mass is 258 g/mol. The Morgan fingerprint density at radius 2 is 1.72 bits per heavy atom. The predicted octanol–water partition coefficient (Wildman–Crippen LogP) is 2.73. The Hall–Kier alpha value is -0.870. The van der Waals surface area contributed by atoms with Crippen LogP contribution >= 0.6 is 0 Å². The molecule has 0 aliphatic rings.